The van der Waals surface area contributed by atoms with Crippen molar-refractivity contribution in [2.45, 2.75) is 51.1 Å². The maximum atomic E-state index is 12.9. The summed E-state index contributed by atoms with van der Waals surface area (Å²) in [7, 11) is 2.19. The lowest BCUT2D eigenvalue weighted by Gasteiger charge is -2.55. The van der Waals surface area contributed by atoms with Crippen LogP contribution in [0.2, 0.25) is 0 Å². The van der Waals surface area contributed by atoms with Crippen LogP contribution in [-0.2, 0) is 0 Å². The van der Waals surface area contributed by atoms with Crippen LogP contribution in [-0.4, -0.2) is 57.4 Å². The molecule has 0 spiro atoms. The number of aryl methyl sites for hydroxylation is 1. The van der Waals surface area contributed by atoms with Crippen molar-refractivity contribution in [3.8, 4) is 0 Å². The van der Waals surface area contributed by atoms with Crippen LogP contribution in [0.25, 0.3) is 0 Å². The van der Waals surface area contributed by atoms with Crippen molar-refractivity contribution >= 4 is 5.91 Å². The van der Waals surface area contributed by atoms with Gasteiger partial charge in [0.25, 0.3) is 5.91 Å². The minimum atomic E-state index is 0.0618. The summed E-state index contributed by atoms with van der Waals surface area (Å²) in [4.78, 5) is 25.8. The Balaban J connectivity index is 1.89. The van der Waals surface area contributed by atoms with Gasteiger partial charge in [-0.1, -0.05) is 0 Å². The Morgan fingerprint density at radius 3 is 2.95 bits per heavy atom. The van der Waals surface area contributed by atoms with Gasteiger partial charge in [0.1, 0.15) is 11.5 Å². The zero-order valence-corrected chi connectivity index (χ0v) is 13.2. The van der Waals surface area contributed by atoms with E-state index in [1.54, 1.807) is 12.3 Å². The van der Waals surface area contributed by atoms with Crippen molar-refractivity contribution in [1.82, 2.24) is 19.8 Å². The SMILES string of the molecule is Cc1nccc(C(=O)N2CCC[C@@]3(C)[C@@H]2CCCN3C)n1. The summed E-state index contributed by atoms with van der Waals surface area (Å²) >= 11 is 0. The molecular formula is C16H24N4O. The molecule has 1 aromatic heterocycles. The smallest absolute Gasteiger partial charge is 0.272 e. The maximum absolute atomic E-state index is 12.9. The van der Waals surface area contributed by atoms with Gasteiger partial charge in [0, 0.05) is 18.3 Å². The van der Waals surface area contributed by atoms with E-state index >= 15 is 0 Å². The van der Waals surface area contributed by atoms with E-state index in [4.69, 9.17) is 0 Å². The molecule has 5 nitrogen and oxygen atoms in total. The number of likely N-dealkylation sites (N-methyl/N-ethyl adjacent to an activating group) is 1. The predicted molar refractivity (Wildman–Crippen MR) is 81.1 cm³/mol. The average Bonchev–Trinajstić information content (AvgIpc) is 2.47. The summed E-state index contributed by atoms with van der Waals surface area (Å²) in [5.41, 5.74) is 0.633. The van der Waals surface area contributed by atoms with E-state index in [9.17, 15) is 4.79 Å². The van der Waals surface area contributed by atoms with E-state index in [2.05, 4.69) is 33.7 Å². The third-order valence-corrected chi connectivity index (χ3v) is 5.28. The number of amides is 1. The second-order valence-corrected chi connectivity index (χ2v) is 6.53. The van der Waals surface area contributed by atoms with Crippen molar-refractivity contribution in [2.75, 3.05) is 20.1 Å². The lowest BCUT2D eigenvalue weighted by atomic mass is 9.76. The summed E-state index contributed by atoms with van der Waals surface area (Å²) in [5.74, 6) is 0.716. The lowest BCUT2D eigenvalue weighted by molar-refractivity contribution is -0.0350. The van der Waals surface area contributed by atoms with Crippen molar-refractivity contribution in [2.24, 2.45) is 0 Å². The van der Waals surface area contributed by atoms with E-state index in [0.717, 1.165) is 32.4 Å². The fourth-order valence-corrected chi connectivity index (χ4v) is 3.92. The highest BCUT2D eigenvalue weighted by atomic mass is 16.2. The Morgan fingerprint density at radius 1 is 1.38 bits per heavy atom. The van der Waals surface area contributed by atoms with Gasteiger partial charge in [-0.05, 0) is 59.2 Å². The molecule has 2 atom stereocenters. The molecule has 0 radical (unpaired) electrons. The number of fused-ring (bicyclic) bond motifs is 1. The van der Waals surface area contributed by atoms with Crippen LogP contribution in [0, 0.1) is 6.92 Å². The van der Waals surface area contributed by atoms with Gasteiger partial charge in [0.15, 0.2) is 0 Å². The minimum Gasteiger partial charge on any atom is -0.332 e. The molecule has 1 amide bonds. The van der Waals surface area contributed by atoms with Gasteiger partial charge in [-0.15, -0.1) is 0 Å². The number of rotatable bonds is 1. The number of carbonyl (C=O) groups excluding carboxylic acids is 1. The van der Waals surface area contributed by atoms with Crippen LogP contribution in [0.1, 0.15) is 48.9 Å². The molecule has 0 N–H and O–H groups in total. The van der Waals surface area contributed by atoms with Gasteiger partial charge in [-0.3, -0.25) is 9.69 Å². The summed E-state index contributed by atoms with van der Waals surface area (Å²) in [5, 5.41) is 0. The molecule has 2 aliphatic rings. The summed E-state index contributed by atoms with van der Waals surface area (Å²) < 4.78 is 0. The summed E-state index contributed by atoms with van der Waals surface area (Å²) in [6, 6.07) is 2.03. The molecule has 114 valence electrons. The van der Waals surface area contributed by atoms with Gasteiger partial charge in [-0.25, -0.2) is 9.97 Å². The van der Waals surface area contributed by atoms with Crippen LogP contribution in [0.5, 0.6) is 0 Å². The molecule has 0 aromatic carbocycles. The van der Waals surface area contributed by atoms with Gasteiger partial charge < -0.3 is 4.90 Å². The molecular weight excluding hydrogens is 264 g/mol. The van der Waals surface area contributed by atoms with Crippen molar-refractivity contribution in [1.29, 1.82) is 0 Å². The molecule has 0 bridgehead atoms. The molecule has 1 aromatic rings. The first-order valence-corrected chi connectivity index (χ1v) is 7.84. The number of carbonyl (C=O) groups is 1. The topological polar surface area (TPSA) is 49.3 Å². The van der Waals surface area contributed by atoms with Gasteiger partial charge in [0.2, 0.25) is 0 Å². The fourth-order valence-electron chi connectivity index (χ4n) is 3.92. The van der Waals surface area contributed by atoms with Crippen LogP contribution in [0.3, 0.4) is 0 Å². The summed E-state index contributed by atoms with van der Waals surface area (Å²) in [6.45, 7) is 6.10. The van der Waals surface area contributed by atoms with E-state index in [0.29, 0.717) is 17.6 Å². The van der Waals surface area contributed by atoms with Crippen LogP contribution in [0.15, 0.2) is 12.3 Å². The Kier molecular flexibility index (Phi) is 3.69. The second-order valence-electron chi connectivity index (χ2n) is 6.53. The number of aromatic nitrogens is 2. The second kappa shape index (κ2) is 5.37. The van der Waals surface area contributed by atoms with Crippen LogP contribution in [0.4, 0.5) is 0 Å². The van der Waals surface area contributed by atoms with Crippen LogP contribution >= 0.6 is 0 Å². The number of nitrogens with zero attached hydrogens (tertiary/aromatic N) is 4. The molecule has 0 unspecified atom stereocenters. The molecule has 3 rings (SSSR count). The number of hydrogen-bond acceptors (Lipinski definition) is 4. The third kappa shape index (κ3) is 2.44. The molecule has 2 aliphatic heterocycles. The minimum absolute atomic E-state index is 0.0618. The lowest BCUT2D eigenvalue weighted by Crippen LogP contribution is -2.66. The number of hydrogen-bond donors (Lipinski definition) is 0. The highest BCUT2D eigenvalue weighted by Gasteiger charge is 2.47. The first kappa shape index (κ1) is 14.4. The normalized spacial score (nSPS) is 30.0. The Bertz CT molecular complexity index is 547. The van der Waals surface area contributed by atoms with Gasteiger partial charge >= 0.3 is 0 Å². The third-order valence-electron chi connectivity index (χ3n) is 5.28. The van der Waals surface area contributed by atoms with Crippen molar-refractivity contribution in [3.05, 3.63) is 23.8 Å². The highest BCUT2D eigenvalue weighted by molar-refractivity contribution is 5.92. The summed E-state index contributed by atoms with van der Waals surface area (Å²) in [6.07, 6.45) is 6.15. The fraction of sp³-hybridized carbons (Fsp3) is 0.688. The van der Waals surface area contributed by atoms with Crippen molar-refractivity contribution in [3.63, 3.8) is 0 Å². The predicted octanol–water partition coefficient (Wildman–Crippen LogP) is 1.87. The monoisotopic (exact) mass is 288 g/mol. The number of likely N-dealkylation sites (tertiary alicyclic amines) is 2. The Hall–Kier alpha value is -1.49. The Morgan fingerprint density at radius 2 is 2.19 bits per heavy atom. The molecule has 2 saturated heterocycles. The van der Waals surface area contributed by atoms with E-state index in [1.807, 2.05) is 6.92 Å². The maximum Gasteiger partial charge on any atom is 0.272 e. The zero-order valence-electron chi connectivity index (χ0n) is 13.2. The highest BCUT2D eigenvalue weighted by Crippen LogP contribution is 2.38. The molecule has 0 aliphatic carbocycles. The molecule has 3 heterocycles. The van der Waals surface area contributed by atoms with Gasteiger partial charge in [0.05, 0.1) is 6.04 Å². The largest absolute Gasteiger partial charge is 0.332 e. The molecule has 2 fully saturated rings. The molecule has 21 heavy (non-hydrogen) atoms. The zero-order chi connectivity index (χ0) is 15.0. The Labute approximate surface area is 126 Å². The van der Waals surface area contributed by atoms with E-state index in [1.165, 1.54) is 6.42 Å². The number of piperidine rings is 2. The van der Waals surface area contributed by atoms with Crippen molar-refractivity contribution < 1.29 is 4.79 Å². The quantitative estimate of drug-likeness (QED) is 0.791. The van der Waals surface area contributed by atoms with Crippen LogP contribution < -0.4 is 0 Å². The van der Waals surface area contributed by atoms with E-state index in [-0.39, 0.29) is 11.4 Å². The average molecular weight is 288 g/mol. The first-order valence-electron chi connectivity index (χ1n) is 7.84. The van der Waals surface area contributed by atoms with Gasteiger partial charge in [-0.2, -0.15) is 0 Å². The standard InChI is InChI=1S/C16H24N4O/c1-12-17-9-7-13(18-12)15(21)20-11-5-8-16(2)14(20)6-4-10-19(16)3/h7,9,14H,4-6,8,10-11H2,1-3H3/t14-,16-/m0/s1. The molecule has 5 heteroatoms. The first-order chi connectivity index (χ1) is 10.0. The molecule has 0 saturated carbocycles. The van der Waals surface area contributed by atoms with E-state index < -0.39 is 0 Å².